The molecule has 1 aromatic rings. The van der Waals surface area contributed by atoms with Crippen molar-refractivity contribution in [2.45, 2.75) is 52.2 Å². The van der Waals surface area contributed by atoms with Crippen molar-refractivity contribution in [3.63, 3.8) is 0 Å². The number of morpholine rings is 1. The zero-order valence-electron chi connectivity index (χ0n) is 13.9. The second kappa shape index (κ2) is 8.34. The maximum atomic E-state index is 9.57. The summed E-state index contributed by atoms with van der Waals surface area (Å²) in [7, 11) is 0. The molecule has 1 N–H and O–H groups in total. The molecule has 1 saturated heterocycles. The second-order valence-corrected chi connectivity index (χ2v) is 5.65. The summed E-state index contributed by atoms with van der Waals surface area (Å²) in [5.41, 5.74) is 1.15. The first-order valence-corrected chi connectivity index (χ1v) is 8.37. The van der Waals surface area contributed by atoms with Gasteiger partial charge in [0.1, 0.15) is 11.9 Å². The highest BCUT2D eigenvalue weighted by molar-refractivity contribution is 5.44. The van der Waals surface area contributed by atoms with Crippen LogP contribution in [-0.2, 0) is 4.74 Å². The van der Waals surface area contributed by atoms with Gasteiger partial charge in [0.05, 0.1) is 19.3 Å². The molecule has 1 saturated carbocycles. The highest BCUT2D eigenvalue weighted by Crippen LogP contribution is 2.26. The molecule has 124 valence electrons. The van der Waals surface area contributed by atoms with E-state index in [1.165, 1.54) is 0 Å². The van der Waals surface area contributed by atoms with Crippen molar-refractivity contribution >= 4 is 5.82 Å². The van der Waals surface area contributed by atoms with E-state index in [0.717, 1.165) is 50.5 Å². The van der Waals surface area contributed by atoms with Crippen LogP contribution in [-0.4, -0.2) is 48.6 Å². The largest absolute Gasteiger partial charge is 0.474 e. The second-order valence-electron chi connectivity index (χ2n) is 5.65. The van der Waals surface area contributed by atoms with Gasteiger partial charge >= 0.3 is 0 Å². The Morgan fingerprint density at radius 2 is 1.95 bits per heavy atom. The summed E-state index contributed by atoms with van der Waals surface area (Å²) in [6, 6.07) is 4.05. The molecule has 2 unspecified atom stereocenters. The Morgan fingerprint density at radius 3 is 2.59 bits per heavy atom. The van der Waals surface area contributed by atoms with Gasteiger partial charge in [0.25, 0.3) is 0 Å². The van der Waals surface area contributed by atoms with Crippen LogP contribution in [0, 0.1) is 6.92 Å². The number of aliphatic hydroxyl groups excluding tert-OH is 1. The van der Waals surface area contributed by atoms with Crippen LogP contribution < -0.4 is 9.64 Å². The fourth-order valence-electron chi connectivity index (χ4n) is 2.83. The van der Waals surface area contributed by atoms with Crippen LogP contribution in [0.3, 0.4) is 0 Å². The van der Waals surface area contributed by atoms with Crippen molar-refractivity contribution in [2.24, 2.45) is 0 Å². The first-order valence-electron chi connectivity index (χ1n) is 8.37. The highest BCUT2D eigenvalue weighted by atomic mass is 16.5. The molecule has 2 aliphatic rings. The number of nitrogens with zero attached hydrogens (tertiary/aromatic N) is 2. The Hall–Kier alpha value is -1.33. The van der Waals surface area contributed by atoms with E-state index in [-0.39, 0.29) is 12.2 Å². The van der Waals surface area contributed by atoms with Crippen molar-refractivity contribution in [3.05, 3.63) is 17.7 Å². The minimum absolute atomic E-state index is 0.0943. The number of aliphatic hydroxyl groups is 1. The summed E-state index contributed by atoms with van der Waals surface area (Å²) in [5.74, 6) is 1.63. The minimum atomic E-state index is -0.219. The number of hydrogen-bond donors (Lipinski definition) is 1. The maximum Gasteiger partial charge on any atom is 0.215 e. The number of rotatable bonds is 3. The summed E-state index contributed by atoms with van der Waals surface area (Å²) >= 11 is 0. The Bertz CT molecular complexity index is 461. The van der Waals surface area contributed by atoms with Crippen LogP contribution in [0.25, 0.3) is 0 Å². The third-order valence-electron chi connectivity index (χ3n) is 3.91. The normalized spacial score (nSPS) is 24.6. The molecule has 1 aromatic heterocycles. The molecule has 1 aliphatic heterocycles. The third-order valence-corrected chi connectivity index (χ3v) is 3.91. The van der Waals surface area contributed by atoms with Gasteiger partial charge in [-0.1, -0.05) is 13.8 Å². The van der Waals surface area contributed by atoms with Crippen LogP contribution in [0.1, 0.15) is 38.7 Å². The van der Waals surface area contributed by atoms with Crippen LogP contribution in [0.15, 0.2) is 12.1 Å². The number of ether oxygens (including phenoxy) is 2. The van der Waals surface area contributed by atoms with E-state index in [9.17, 15) is 5.11 Å². The lowest BCUT2D eigenvalue weighted by Gasteiger charge is -2.28. The van der Waals surface area contributed by atoms with Gasteiger partial charge in [-0.25, -0.2) is 0 Å². The van der Waals surface area contributed by atoms with Gasteiger partial charge in [0, 0.05) is 25.6 Å². The van der Waals surface area contributed by atoms with E-state index in [1.807, 2.05) is 19.9 Å². The number of pyridine rings is 1. The van der Waals surface area contributed by atoms with Crippen LogP contribution in [0.5, 0.6) is 5.88 Å². The summed E-state index contributed by atoms with van der Waals surface area (Å²) in [4.78, 5) is 6.84. The standard InChI is InChI=1S/C15H22N2O3.C2H6/c1-11-8-14(17-4-6-19-7-5-17)16-15(9-11)20-13-3-2-12(18)10-13;1-2/h8-9,12-13,18H,2-7,10H2,1H3;1-2H3. The van der Waals surface area contributed by atoms with Crippen molar-refractivity contribution in [2.75, 3.05) is 31.2 Å². The minimum Gasteiger partial charge on any atom is -0.474 e. The molecule has 2 heterocycles. The van der Waals surface area contributed by atoms with Gasteiger partial charge in [-0.2, -0.15) is 4.98 Å². The maximum absolute atomic E-state index is 9.57. The van der Waals surface area contributed by atoms with Gasteiger partial charge < -0.3 is 19.5 Å². The van der Waals surface area contributed by atoms with E-state index >= 15 is 0 Å². The molecule has 0 amide bonds. The molecular formula is C17H28N2O3. The first kappa shape index (κ1) is 17.0. The summed E-state index contributed by atoms with van der Waals surface area (Å²) < 4.78 is 11.3. The molecule has 0 spiro atoms. The number of aromatic nitrogens is 1. The van der Waals surface area contributed by atoms with Gasteiger partial charge in [0.2, 0.25) is 5.88 Å². The Labute approximate surface area is 133 Å². The number of aryl methyl sites for hydroxylation is 1. The molecule has 5 heteroatoms. The lowest BCUT2D eigenvalue weighted by atomic mass is 10.2. The van der Waals surface area contributed by atoms with E-state index < -0.39 is 0 Å². The van der Waals surface area contributed by atoms with Crippen LogP contribution in [0.2, 0.25) is 0 Å². The van der Waals surface area contributed by atoms with Gasteiger partial charge in [0.15, 0.2) is 0 Å². The predicted molar refractivity (Wildman–Crippen MR) is 87.6 cm³/mol. The molecule has 2 atom stereocenters. The average Bonchev–Trinajstić information content (AvgIpc) is 2.94. The molecule has 3 rings (SSSR count). The lowest BCUT2D eigenvalue weighted by Crippen LogP contribution is -2.36. The topological polar surface area (TPSA) is 54.8 Å². The van der Waals surface area contributed by atoms with Crippen molar-refractivity contribution in [1.82, 2.24) is 4.98 Å². The van der Waals surface area contributed by atoms with Crippen molar-refractivity contribution in [1.29, 1.82) is 0 Å². The van der Waals surface area contributed by atoms with Crippen molar-refractivity contribution < 1.29 is 14.6 Å². The Morgan fingerprint density at radius 1 is 1.23 bits per heavy atom. The Kier molecular flexibility index (Phi) is 6.46. The molecule has 22 heavy (non-hydrogen) atoms. The summed E-state index contributed by atoms with van der Waals surface area (Å²) in [5, 5.41) is 9.57. The number of anilines is 1. The van der Waals surface area contributed by atoms with Crippen molar-refractivity contribution in [3.8, 4) is 5.88 Å². The van der Waals surface area contributed by atoms with E-state index in [4.69, 9.17) is 9.47 Å². The molecule has 2 fully saturated rings. The SMILES string of the molecule is CC.Cc1cc(OC2CCC(O)C2)nc(N2CCOCC2)c1. The van der Waals surface area contributed by atoms with Crippen LogP contribution in [0.4, 0.5) is 5.82 Å². The molecular weight excluding hydrogens is 280 g/mol. The zero-order chi connectivity index (χ0) is 15.9. The van der Waals surface area contributed by atoms with E-state index in [0.29, 0.717) is 12.3 Å². The Balaban J connectivity index is 0.000000847. The fourth-order valence-corrected chi connectivity index (χ4v) is 2.83. The smallest absolute Gasteiger partial charge is 0.215 e. The molecule has 1 aliphatic carbocycles. The zero-order valence-corrected chi connectivity index (χ0v) is 13.9. The molecule has 5 nitrogen and oxygen atoms in total. The van der Waals surface area contributed by atoms with Crippen LogP contribution >= 0.6 is 0 Å². The van der Waals surface area contributed by atoms with E-state index in [1.54, 1.807) is 0 Å². The van der Waals surface area contributed by atoms with Gasteiger partial charge in [-0.3, -0.25) is 0 Å². The summed E-state index contributed by atoms with van der Waals surface area (Å²) in [6.45, 7) is 9.30. The fraction of sp³-hybridized carbons (Fsp3) is 0.706. The molecule has 0 radical (unpaired) electrons. The lowest BCUT2D eigenvalue weighted by molar-refractivity contribution is 0.122. The quantitative estimate of drug-likeness (QED) is 0.930. The molecule has 0 bridgehead atoms. The monoisotopic (exact) mass is 308 g/mol. The predicted octanol–water partition coefficient (Wildman–Crippen LogP) is 2.55. The first-order chi connectivity index (χ1) is 10.7. The average molecular weight is 308 g/mol. The third kappa shape index (κ3) is 4.58. The highest BCUT2D eigenvalue weighted by Gasteiger charge is 2.25. The van der Waals surface area contributed by atoms with Gasteiger partial charge in [-0.05, 0) is 31.4 Å². The van der Waals surface area contributed by atoms with Gasteiger partial charge in [-0.15, -0.1) is 0 Å². The van der Waals surface area contributed by atoms with E-state index in [2.05, 4.69) is 22.9 Å². The number of hydrogen-bond acceptors (Lipinski definition) is 5. The molecule has 0 aromatic carbocycles. The summed E-state index contributed by atoms with van der Waals surface area (Å²) in [6.07, 6.45) is 2.32.